The second-order valence-electron chi connectivity index (χ2n) is 9.49. The number of aryl methyl sites for hydroxylation is 1. The lowest BCUT2D eigenvalue weighted by Gasteiger charge is -2.33. The average Bonchev–Trinajstić information content (AvgIpc) is 3.37. The molecule has 1 aliphatic rings. The summed E-state index contributed by atoms with van der Waals surface area (Å²) in [4.78, 5) is 38.0. The number of benzene rings is 3. The van der Waals surface area contributed by atoms with Crippen molar-refractivity contribution in [2.75, 3.05) is 6.61 Å². The fraction of sp³-hybridized carbons (Fsp3) is 0.290. The molecule has 0 saturated heterocycles. The maximum atomic E-state index is 14.0. The highest BCUT2D eigenvalue weighted by atomic mass is 32.2. The van der Waals surface area contributed by atoms with Crippen LogP contribution >= 0.6 is 11.8 Å². The van der Waals surface area contributed by atoms with E-state index in [9.17, 15) is 19.5 Å². The Morgan fingerprint density at radius 2 is 1.52 bits per heavy atom. The number of carbonyl (C=O) groups excluding carboxylic acids is 2. The molecule has 0 unspecified atom stereocenters. The summed E-state index contributed by atoms with van der Waals surface area (Å²) >= 11 is 1.04. The van der Waals surface area contributed by atoms with E-state index >= 15 is 0 Å². The van der Waals surface area contributed by atoms with Crippen LogP contribution in [0, 0.1) is 0 Å². The summed E-state index contributed by atoms with van der Waals surface area (Å²) in [5.74, 6) is -2.19. The Bertz CT molecular complexity index is 1340. The second-order valence-corrected chi connectivity index (χ2v) is 10.8. The van der Waals surface area contributed by atoms with Crippen LogP contribution in [0.15, 0.2) is 96.1 Å². The molecular weight excluding hydrogens is 526 g/mol. The van der Waals surface area contributed by atoms with Gasteiger partial charge in [0.05, 0.1) is 12.6 Å². The summed E-state index contributed by atoms with van der Waals surface area (Å²) in [6.45, 7) is 3.55. The quantitative estimate of drug-likeness (QED) is 0.315. The second kappa shape index (κ2) is 13.4. The Morgan fingerprint density at radius 3 is 2.10 bits per heavy atom. The van der Waals surface area contributed by atoms with Gasteiger partial charge in [0.2, 0.25) is 4.87 Å². The largest absolute Gasteiger partial charge is 0.479 e. The van der Waals surface area contributed by atoms with E-state index in [0.717, 1.165) is 33.5 Å². The van der Waals surface area contributed by atoms with E-state index in [1.165, 1.54) is 0 Å². The molecule has 2 N–H and O–H groups in total. The van der Waals surface area contributed by atoms with Crippen molar-refractivity contribution in [3.63, 3.8) is 0 Å². The standard InChI is InChI=1S/C31H33N3O5S/c1-3-39-29(36)26(20-19-23-13-7-4-8-14-23)32-22(2)28(35)34-31(30(37)38,21-24-15-9-5-10-16-24)40-27(33-34)25-17-11-6-12-18-25/h4-18,22,26,32H,3,19-21H2,1-2H3,(H,37,38)/t22-,26-,31-/m0/s1. The van der Waals surface area contributed by atoms with Crippen LogP contribution < -0.4 is 5.32 Å². The highest BCUT2D eigenvalue weighted by Gasteiger charge is 2.54. The summed E-state index contributed by atoms with van der Waals surface area (Å²) in [6, 6.07) is 26.4. The van der Waals surface area contributed by atoms with E-state index in [-0.39, 0.29) is 13.0 Å². The molecule has 1 heterocycles. The van der Waals surface area contributed by atoms with Crippen molar-refractivity contribution in [1.29, 1.82) is 0 Å². The van der Waals surface area contributed by atoms with Crippen LogP contribution in [0.25, 0.3) is 0 Å². The van der Waals surface area contributed by atoms with Gasteiger partial charge in [0.1, 0.15) is 11.1 Å². The molecule has 3 atom stereocenters. The molecule has 1 aliphatic heterocycles. The number of nitrogens with zero attached hydrogens (tertiary/aromatic N) is 2. The maximum Gasteiger partial charge on any atom is 0.343 e. The smallest absolute Gasteiger partial charge is 0.343 e. The number of hydrazone groups is 1. The first kappa shape index (κ1) is 29.0. The van der Waals surface area contributed by atoms with Crippen LogP contribution in [-0.4, -0.2) is 56.6 Å². The minimum Gasteiger partial charge on any atom is -0.479 e. The van der Waals surface area contributed by atoms with Crippen molar-refractivity contribution in [2.45, 2.75) is 50.1 Å². The summed E-state index contributed by atoms with van der Waals surface area (Å²) in [7, 11) is 0. The molecule has 0 bridgehead atoms. The Morgan fingerprint density at radius 1 is 0.950 bits per heavy atom. The van der Waals surface area contributed by atoms with Crippen molar-refractivity contribution in [3.8, 4) is 0 Å². The lowest BCUT2D eigenvalue weighted by Crippen LogP contribution is -2.57. The number of ether oxygens (including phenoxy) is 1. The predicted octanol–water partition coefficient (Wildman–Crippen LogP) is 4.49. The zero-order valence-corrected chi connectivity index (χ0v) is 23.3. The van der Waals surface area contributed by atoms with Crippen LogP contribution in [0.4, 0.5) is 0 Å². The fourth-order valence-electron chi connectivity index (χ4n) is 4.54. The number of amides is 1. The van der Waals surface area contributed by atoms with Gasteiger partial charge < -0.3 is 9.84 Å². The fourth-order valence-corrected chi connectivity index (χ4v) is 5.78. The minimum absolute atomic E-state index is 0.0431. The van der Waals surface area contributed by atoms with Gasteiger partial charge in [-0.2, -0.15) is 5.10 Å². The van der Waals surface area contributed by atoms with Crippen molar-refractivity contribution >= 4 is 34.7 Å². The molecular formula is C31H33N3O5S. The lowest BCUT2D eigenvalue weighted by molar-refractivity contribution is -0.154. The number of carboxylic acid groups (broad SMARTS) is 1. The molecule has 8 nitrogen and oxygen atoms in total. The molecule has 4 rings (SSSR count). The number of hydrogen-bond donors (Lipinski definition) is 2. The zero-order valence-electron chi connectivity index (χ0n) is 22.5. The van der Waals surface area contributed by atoms with Crippen molar-refractivity contribution in [3.05, 3.63) is 108 Å². The van der Waals surface area contributed by atoms with Crippen molar-refractivity contribution in [1.82, 2.24) is 10.3 Å². The Labute approximate surface area is 238 Å². The molecule has 40 heavy (non-hydrogen) atoms. The highest BCUT2D eigenvalue weighted by Crippen LogP contribution is 2.42. The topological polar surface area (TPSA) is 108 Å². The van der Waals surface area contributed by atoms with Crippen LogP contribution in [0.1, 0.15) is 37.0 Å². The first-order valence-corrected chi connectivity index (χ1v) is 14.1. The molecule has 9 heteroatoms. The molecule has 1 amide bonds. The first-order valence-electron chi connectivity index (χ1n) is 13.2. The molecule has 0 saturated carbocycles. The van der Waals surface area contributed by atoms with Gasteiger partial charge in [-0.05, 0) is 37.8 Å². The number of carboxylic acids is 1. The number of nitrogens with one attached hydrogen (secondary N) is 1. The highest BCUT2D eigenvalue weighted by molar-refractivity contribution is 8.16. The molecule has 208 valence electrons. The molecule has 0 fully saturated rings. The third-order valence-electron chi connectivity index (χ3n) is 6.61. The van der Waals surface area contributed by atoms with Crippen molar-refractivity contribution in [2.24, 2.45) is 5.10 Å². The Kier molecular flexibility index (Phi) is 9.74. The van der Waals surface area contributed by atoms with Gasteiger partial charge in [0.15, 0.2) is 0 Å². The minimum atomic E-state index is -1.71. The summed E-state index contributed by atoms with van der Waals surface area (Å²) in [6.07, 6.45) is 1.05. The third-order valence-corrected chi connectivity index (χ3v) is 7.95. The molecule has 3 aromatic rings. The van der Waals surface area contributed by atoms with E-state index in [0.29, 0.717) is 17.9 Å². The van der Waals surface area contributed by atoms with E-state index in [1.807, 2.05) is 91.0 Å². The van der Waals surface area contributed by atoms with Gasteiger partial charge in [0.25, 0.3) is 5.91 Å². The number of aliphatic carboxylic acids is 1. The van der Waals surface area contributed by atoms with Crippen LogP contribution in [0.3, 0.4) is 0 Å². The van der Waals surface area contributed by atoms with Gasteiger partial charge in [-0.1, -0.05) is 103 Å². The number of thioether (sulfide) groups is 1. The number of hydrogen-bond acceptors (Lipinski definition) is 7. The summed E-state index contributed by atoms with van der Waals surface area (Å²) < 4.78 is 5.28. The molecule has 0 spiro atoms. The average molecular weight is 560 g/mol. The number of carbonyl (C=O) groups is 3. The number of rotatable bonds is 12. The predicted molar refractivity (Wildman–Crippen MR) is 156 cm³/mol. The number of esters is 1. The van der Waals surface area contributed by atoms with Gasteiger partial charge in [-0.15, -0.1) is 0 Å². The van der Waals surface area contributed by atoms with E-state index in [2.05, 4.69) is 10.4 Å². The maximum absolute atomic E-state index is 14.0. The van der Waals surface area contributed by atoms with Crippen LogP contribution in [0.5, 0.6) is 0 Å². The first-order chi connectivity index (χ1) is 19.3. The third kappa shape index (κ3) is 6.78. The van der Waals surface area contributed by atoms with Crippen LogP contribution in [0.2, 0.25) is 0 Å². The van der Waals surface area contributed by atoms with Gasteiger partial charge in [0, 0.05) is 12.0 Å². The molecule has 0 aliphatic carbocycles. The zero-order chi connectivity index (χ0) is 28.5. The van der Waals surface area contributed by atoms with Crippen LogP contribution in [-0.2, 0) is 32.0 Å². The monoisotopic (exact) mass is 559 g/mol. The van der Waals surface area contributed by atoms with E-state index in [1.54, 1.807) is 13.8 Å². The van der Waals surface area contributed by atoms with Gasteiger partial charge >= 0.3 is 11.9 Å². The SMILES string of the molecule is CCOC(=O)[C@H](CCc1ccccc1)N[C@@H](C)C(=O)N1N=C(c2ccccc2)S[C@@]1(Cc1ccccc1)C(=O)O. The molecule has 3 aromatic carbocycles. The van der Waals surface area contributed by atoms with Crippen molar-refractivity contribution < 1.29 is 24.2 Å². The normalized spacial score (nSPS) is 18.1. The van der Waals surface area contributed by atoms with E-state index in [4.69, 9.17) is 4.74 Å². The molecule has 0 aromatic heterocycles. The summed E-state index contributed by atoms with van der Waals surface area (Å²) in [5, 5.41) is 19.7. The summed E-state index contributed by atoms with van der Waals surface area (Å²) in [5.41, 5.74) is 2.53. The van der Waals surface area contributed by atoms with E-state index < -0.39 is 34.8 Å². The lowest BCUT2D eigenvalue weighted by atomic mass is 10.0. The van der Waals surface area contributed by atoms with Gasteiger partial charge in [-0.25, -0.2) is 9.80 Å². The molecule has 0 radical (unpaired) electrons. The van der Waals surface area contributed by atoms with Gasteiger partial charge in [-0.3, -0.25) is 14.9 Å². The Hall–Kier alpha value is -3.95. The Balaban J connectivity index is 1.62.